The Bertz CT molecular complexity index is 1260. The smallest absolute Gasteiger partial charge is 0.407 e. The highest BCUT2D eigenvalue weighted by atomic mass is 35.5. The summed E-state index contributed by atoms with van der Waals surface area (Å²) in [6.45, 7) is 1.59. The Morgan fingerprint density at radius 2 is 1.71 bits per heavy atom. The molecule has 2 aromatic heterocycles. The molecule has 0 saturated carbocycles. The summed E-state index contributed by atoms with van der Waals surface area (Å²) in [5, 5.41) is 11.3. The predicted molar refractivity (Wildman–Crippen MR) is 122 cm³/mol. The molecule has 10 nitrogen and oxygen atoms in total. The van der Waals surface area contributed by atoms with Crippen molar-refractivity contribution < 1.29 is 23.9 Å². The lowest BCUT2D eigenvalue weighted by Crippen LogP contribution is -2.48. The molecule has 34 heavy (non-hydrogen) atoms. The van der Waals surface area contributed by atoms with E-state index in [2.05, 4.69) is 20.3 Å². The number of aromatic nitrogens is 3. The molecule has 1 aromatic carbocycles. The SMILES string of the molecule is O=C(Nc1cnc(N2CCN(C(=O)O)CC2)nc1)c1cc(C(=O)c2c(Cl)ccc(Cl)c2F)c[nH]1. The van der Waals surface area contributed by atoms with Crippen molar-refractivity contribution in [2.24, 2.45) is 0 Å². The summed E-state index contributed by atoms with van der Waals surface area (Å²) in [6.07, 6.45) is 3.14. The van der Waals surface area contributed by atoms with E-state index >= 15 is 0 Å². The van der Waals surface area contributed by atoms with Crippen molar-refractivity contribution in [3.05, 3.63) is 69.5 Å². The summed E-state index contributed by atoms with van der Waals surface area (Å²) in [5.41, 5.74) is 0.00808. The molecule has 0 bridgehead atoms. The zero-order valence-electron chi connectivity index (χ0n) is 17.4. The van der Waals surface area contributed by atoms with E-state index in [0.29, 0.717) is 37.8 Å². The van der Waals surface area contributed by atoms with Crippen LogP contribution in [0.3, 0.4) is 0 Å². The number of benzene rings is 1. The maximum Gasteiger partial charge on any atom is 0.407 e. The third kappa shape index (κ3) is 4.80. The van der Waals surface area contributed by atoms with Gasteiger partial charge < -0.3 is 25.2 Å². The van der Waals surface area contributed by atoms with E-state index in [1.165, 1.54) is 41.7 Å². The molecule has 3 N–H and O–H groups in total. The molecule has 3 heterocycles. The Morgan fingerprint density at radius 1 is 1.06 bits per heavy atom. The van der Waals surface area contributed by atoms with Gasteiger partial charge in [-0.25, -0.2) is 19.2 Å². The molecule has 1 aliphatic rings. The number of H-pyrrole nitrogens is 1. The van der Waals surface area contributed by atoms with Gasteiger partial charge in [-0.05, 0) is 18.2 Å². The van der Waals surface area contributed by atoms with Crippen LogP contribution in [0, 0.1) is 5.82 Å². The number of piperazine rings is 1. The first-order chi connectivity index (χ1) is 16.2. The van der Waals surface area contributed by atoms with Crippen molar-refractivity contribution in [1.82, 2.24) is 19.9 Å². The molecule has 1 saturated heterocycles. The van der Waals surface area contributed by atoms with Gasteiger partial charge in [0.25, 0.3) is 5.91 Å². The Kier molecular flexibility index (Phi) is 6.66. The number of anilines is 2. The number of hydrogen-bond donors (Lipinski definition) is 3. The second kappa shape index (κ2) is 9.65. The van der Waals surface area contributed by atoms with Crippen LogP contribution >= 0.6 is 23.2 Å². The van der Waals surface area contributed by atoms with Gasteiger partial charge in [0.2, 0.25) is 5.95 Å². The number of hydrogen-bond acceptors (Lipinski definition) is 6. The van der Waals surface area contributed by atoms with Crippen LogP contribution in [0.4, 0.5) is 20.8 Å². The topological polar surface area (TPSA) is 132 Å². The van der Waals surface area contributed by atoms with E-state index in [9.17, 15) is 18.8 Å². The predicted octanol–water partition coefficient (Wildman–Crippen LogP) is 3.53. The molecule has 1 fully saturated rings. The van der Waals surface area contributed by atoms with Gasteiger partial charge in [0.15, 0.2) is 11.6 Å². The van der Waals surface area contributed by atoms with Gasteiger partial charge in [-0.1, -0.05) is 23.2 Å². The fourth-order valence-corrected chi connectivity index (χ4v) is 3.77. The van der Waals surface area contributed by atoms with Gasteiger partial charge in [-0.15, -0.1) is 0 Å². The highest BCUT2D eigenvalue weighted by molar-refractivity contribution is 6.37. The minimum Gasteiger partial charge on any atom is -0.465 e. The van der Waals surface area contributed by atoms with E-state index in [-0.39, 0.29) is 26.9 Å². The lowest BCUT2D eigenvalue weighted by atomic mass is 10.0. The summed E-state index contributed by atoms with van der Waals surface area (Å²) in [5.74, 6) is -1.82. The van der Waals surface area contributed by atoms with E-state index < -0.39 is 23.6 Å². The molecular formula is C21H17Cl2FN6O4. The van der Waals surface area contributed by atoms with Gasteiger partial charge in [-0.2, -0.15) is 0 Å². The molecule has 1 aliphatic heterocycles. The Balaban J connectivity index is 1.41. The lowest BCUT2D eigenvalue weighted by molar-refractivity contribution is 0.102. The normalized spacial score (nSPS) is 13.6. The standard InChI is InChI=1S/C21H17Cl2FN6O4/c22-13-1-2-14(23)17(24)16(13)18(31)11-7-15(25-8-11)19(32)28-12-9-26-20(27-10-12)29-3-5-30(6-4-29)21(33)34/h1-2,7-10,25H,3-6H2,(H,28,32)(H,33,34). The summed E-state index contributed by atoms with van der Waals surface area (Å²) >= 11 is 11.7. The summed E-state index contributed by atoms with van der Waals surface area (Å²) < 4.78 is 14.3. The highest BCUT2D eigenvalue weighted by Crippen LogP contribution is 2.28. The number of nitrogens with zero attached hydrogens (tertiary/aromatic N) is 4. The number of halogens is 3. The summed E-state index contributed by atoms with van der Waals surface area (Å²) in [4.78, 5) is 50.5. The highest BCUT2D eigenvalue weighted by Gasteiger charge is 2.23. The van der Waals surface area contributed by atoms with E-state index in [1.807, 2.05) is 4.90 Å². The van der Waals surface area contributed by atoms with Crippen LogP contribution in [0.15, 0.2) is 36.8 Å². The fraction of sp³-hybridized carbons (Fsp3) is 0.190. The van der Waals surface area contributed by atoms with Gasteiger partial charge >= 0.3 is 6.09 Å². The minimum atomic E-state index is -0.964. The second-order valence-electron chi connectivity index (χ2n) is 7.33. The molecular weight excluding hydrogens is 490 g/mol. The molecule has 13 heteroatoms. The zero-order valence-corrected chi connectivity index (χ0v) is 18.9. The van der Waals surface area contributed by atoms with Crippen molar-refractivity contribution in [1.29, 1.82) is 0 Å². The van der Waals surface area contributed by atoms with Crippen LogP contribution < -0.4 is 10.2 Å². The molecule has 0 atom stereocenters. The minimum absolute atomic E-state index is 0.0281. The molecule has 2 amide bonds. The molecule has 0 unspecified atom stereocenters. The van der Waals surface area contributed by atoms with Gasteiger partial charge in [-0.3, -0.25) is 9.59 Å². The first-order valence-electron chi connectivity index (χ1n) is 9.97. The monoisotopic (exact) mass is 506 g/mol. The van der Waals surface area contributed by atoms with Crippen LogP contribution in [0.25, 0.3) is 0 Å². The quantitative estimate of drug-likeness (QED) is 0.356. The van der Waals surface area contributed by atoms with Crippen molar-refractivity contribution in [3.63, 3.8) is 0 Å². The van der Waals surface area contributed by atoms with Crippen molar-refractivity contribution >= 4 is 52.6 Å². The van der Waals surface area contributed by atoms with Crippen LogP contribution in [0.2, 0.25) is 10.0 Å². The third-order valence-electron chi connectivity index (χ3n) is 5.19. The Morgan fingerprint density at radius 3 is 2.35 bits per heavy atom. The van der Waals surface area contributed by atoms with Gasteiger partial charge in [0.1, 0.15) is 5.69 Å². The number of carbonyl (C=O) groups is 3. The number of amides is 2. The first kappa shape index (κ1) is 23.5. The Hall–Kier alpha value is -3.70. The van der Waals surface area contributed by atoms with Crippen molar-refractivity contribution in [2.45, 2.75) is 0 Å². The van der Waals surface area contributed by atoms with E-state index in [4.69, 9.17) is 28.3 Å². The summed E-state index contributed by atoms with van der Waals surface area (Å²) in [7, 11) is 0. The number of carbonyl (C=O) groups excluding carboxylic acids is 2. The summed E-state index contributed by atoms with van der Waals surface area (Å²) in [6, 6.07) is 3.83. The molecule has 0 aliphatic carbocycles. The third-order valence-corrected chi connectivity index (χ3v) is 5.80. The molecule has 0 spiro atoms. The first-order valence-corrected chi connectivity index (χ1v) is 10.7. The average Bonchev–Trinajstić information content (AvgIpc) is 3.33. The van der Waals surface area contributed by atoms with Crippen molar-refractivity contribution in [2.75, 3.05) is 36.4 Å². The zero-order chi connectivity index (χ0) is 24.4. The van der Waals surface area contributed by atoms with E-state index in [1.54, 1.807) is 0 Å². The molecule has 176 valence electrons. The average molecular weight is 507 g/mol. The molecule has 3 aromatic rings. The van der Waals surface area contributed by atoms with Crippen molar-refractivity contribution in [3.8, 4) is 0 Å². The molecule has 4 rings (SSSR count). The largest absolute Gasteiger partial charge is 0.465 e. The fourth-order valence-electron chi connectivity index (χ4n) is 3.38. The molecule has 0 radical (unpaired) electrons. The van der Waals surface area contributed by atoms with Crippen LogP contribution in [-0.4, -0.2) is 68.9 Å². The second-order valence-corrected chi connectivity index (χ2v) is 8.15. The maximum atomic E-state index is 14.3. The number of nitrogens with one attached hydrogen (secondary N) is 2. The number of aromatic amines is 1. The van der Waals surface area contributed by atoms with Crippen LogP contribution in [0.1, 0.15) is 26.4 Å². The Labute approximate surface area is 202 Å². The lowest BCUT2D eigenvalue weighted by Gasteiger charge is -2.32. The number of rotatable bonds is 5. The number of ketones is 1. The number of carboxylic acid groups (broad SMARTS) is 1. The van der Waals surface area contributed by atoms with Gasteiger partial charge in [0.05, 0.1) is 33.7 Å². The van der Waals surface area contributed by atoms with Gasteiger partial charge in [0, 0.05) is 37.9 Å². The van der Waals surface area contributed by atoms with E-state index in [0.717, 1.165) is 0 Å². The maximum absolute atomic E-state index is 14.3. The van der Waals surface area contributed by atoms with Crippen LogP contribution in [-0.2, 0) is 0 Å². The van der Waals surface area contributed by atoms with Crippen LogP contribution in [0.5, 0.6) is 0 Å².